The Balaban J connectivity index is 0.865. The first-order chi connectivity index (χ1) is 39.2. The Labute approximate surface area is 480 Å². The van der Waals surface area contributed by atoms with Crippen molar-refractivity contribution in [2.75, 3.05) is 56.7 Å². The number of imidazole rings is 1. The summed E-state index contributed by atoms with van der Waals surface area (Å²) in [5.41, 5.74) is 22.4. The minimum atomic E-state index is -5.65. The molecule has 3 amide bonds. The van der Waals surface area contributed by atoms with Gasteiger partial charge in [0.2, 0.25) is 17.7 Å². The van der Waals surface area contributed by atoms with Crippen LogP contribution in [0.3, 0.4) is 0 Å². The van der Waals surface area contributed by atoms with Crippen LogP contribution in [0.15, 0.2) is 12.7 Å². The fourth-order valence-electron chi connectivity index (χ4n) is 9.01. The van der Waals surface area contributed by atoms with Gasteiger partial charge in [0.15, 0.2) is 30.3 Å². The Kier molecular flexibility index (Phi) is 24.5. The highest BCUT2D eigenvalue weighted by Crippen LogP contribution is 2.61. The summed E-state index contributed by atoms with van der Waals surface area (Å²) in [5.74, 6) is -2.25. The summed E-state index contributed by atoms with van der Waals surface area (Å²) in [5, 5.41) is 103. The summed E-state index contributed by atoms with van der Waals surface area (Å²) in [4.78, 5) is 89.3. The number of aliphatic hydroxyl groups excluding tert-OH is 9. The minimum Gasteiger partial charge on any atom is -0.394 e. The van der Waals surface area contributed by atoms with Crippen molar-refractivity contribution in [1.82, 2.24) is 35.5 Å². The highest BCUT2D eigenvalue weighted by molar-refractivity contribution is 7.99. The van der Waals surface area contributed by atoms with Crippen molar-refractivity contribution >= 4 is 69.9 Å². The van der Waals surface area contributed by atoms with Crippen LogP contribution in [0.5, 0.6) is 0 Å². The summed E-state index contributed by atoms with van der Waals surface area (Å²) in [6, 6.07) is -3.30. The smallest absolute Gasteiger partial charge is 0.394 e. The van der Waals surface area contributed by atoms with Crippen molar-refractivity contribution in [3.05, 3.63) is 12.7 Å². The van der Waals surface area contributed by atoms with Gasteiger partial charge in [0.05, 0.1) is 37.9 Å². The Hall–Kier alpha value is -3.20. The molecule has 2 unspecified atom stereocenters. The van der Waals surface area contributed by atoms with Gasteiger partial charge in [-0.15, -0.1) is 0 Å². The molecule has 22 atom stereocenters. The van der Waals surface area contributed by atoms with E-state index in [4.69, 9.17) is 55.7 Å². The molecule has 3 aliphatic heterocycles. The van der Waals surface area contributed by atoms with Gasteiger partial charge in [-0.1, -0.05) is 13.8 Å². The third kappa shape index (κ3) is 18.0. The minimum absolute atomic E-state index is 0.00171. The molecule has 4 aliphatic rings. The first kappa shape index (κ1) is 69.9. The van der Waals surface area contributed by atoms with Gasteiger partial charge in [-0.3, -0.25) is 32.5 Å². The van der Waals surface area contributed by atoms with Crippen LogP contribution in [0.2, 0.25) is 0 Å². The molecule has 2 aromatic heterocycles. The van der Waals surface area contributed by atoms with Gasteiger partial charge in [-0.2, -0.15) is 16.1 Å². The molecule has 39 nitrogen and oxygen atoms in total. The van der Waals surface area contributed by atoms with E-state index in [2.05, 4.69) is 39.7 Å². The number of phosphoric acid groups is 3. The molecule has 0 bridgehead atoms. The van der Waals surface area contributed by atoms with E-state index < -0.39 is 195 Å². The molecule has 1 aliphatic carbocycles. The highest BCUT2D eigenvalue weighted by atomic mass is 32.2. The third-order valence-electron chi connectivity index (χ3n) is 13.6. The lowest BCUT2D eigenvalue weighted by Crippen LogP contribution is -2.68. The van der Waals surface area contributed by atoms with Crippen LogP contribution < -0.4 is 38.9 Å². The van der Waals surface area contributed by atoms with E-state index in [9.17, 15) is 93.6 Å². The number of rotatable bonds is 28. The number of nitrogens with one attached hydrogen (secondary N) is 3. The number of aromatic nitrogens is 4. The molecule has 43 heteroatoms. The van der Waals surface area contributed by atoms with E-state index in [-0.39, 0.29) is 54.4 Å². The quantitative estimate of drug-likeness (QED) is 0.0278. The summed E-state index contributed by atoms with van der Waals surface area (Å²) < 4.78 is 85.3. The van der Waals surface area contributed by atoms with Crippen molar-refractivity contribution in [3.63, 3.8) is 0 Å². The molecule has 0 spiro atoms. The van der Waals surface area contributed by atoms with Crippen LogP contribution in [0.1, 0.15) is 32.9 Å². The number of nitrogen functional groups attached to an aromatic ring is 1. The monoisotopic (exact) mass is 1290 g/mol. The molecule has 4 fully saturated rings. The highest BCUT2D eigenvalue weighted by Gasteiger charge is 2.53. The number of phosphoric ester groups is 3. The van der Waals surface area contributed by atoms with E-state index in [1.807, 2.05) is 0 Å². The van der Waals surface area contributed by atoms with Crippen LogP contribution >= 0.6 is 35.2 Å². The van der Waals surface area contributed by atoms with Crippen molar-refractivity contribution < 1.29 is 135 Å². The van der Waals surface area contributed by atoms with Crippen molar-refractivity contribution in [2.45, 2.75) is 149 Å². The van der Waals surface area contributed by atoms with E-state index in [1.54, 1.807) is 0 Å². The average Bonchev–Trinajstić information content (AvgIpc) is 2.38. The maximum absolute atomic E-state index is 12.8. The zero-order valence-corrected chi connectivity index (χ0v) is 48.1. The molecule has 24 N–H and O–H groups in total. The predicted octanol–water partition coefficient (Wildman–Crippen LogP) is -8.98. The Morgan fingerprint density at radius 3 is 2.04 bits per heavy atom. The van der Waals surface area contributed by atoms with E-state index in [1.165, 1.54) is 13.8 Å². The van der Waals surface area contributed by atoms with Crippen LogP contribution in [0.4, 0.5) is 5.82 Å². The van der Waals surface area contributed by atoms with Gasteiger partial charge in [-0.25, -0.2) is 28.6 Å². The average molecular weight is 1290 g/mol. The second kappa shape index (κ2) is 29.4. The maximum Gasteiger partial charge on any atom is 0.481 e. The fraction of sp³-hybridized carbons (Fsp3) is 0.805. The zero-order valence-electron chi connectivity index (χ0n) is 44.6. The molecule has 2 aromatic rings. The molecule has 1 saturated carbocycles. The van der Waals surface area contributed by atoms with Gasteiger partial charge < -0.3 is 128 Å². The number of thioether (sulfide) groups is 1. The van der Waals surface area contributed by atoms with E-state index >= 15 is 0 Å². The van der Waals surface area contributed by atoms with Crippen molar-refractivity contribution in [2.24, 2.45) is 22.6 Å². The molecule has 0 aromatic carbocycles. The summed E-state index contributed by atoms with van der Waals surface area (Å²) in [7, 11) is -16.6. The summed E-state index contributed by atoms with van der Waals surface area (Å²) in [6.45, 7) is -1.11. The van der Waals surface area contributed by atoms with E-state index in [0.29, 0.717) is 0 Å². The number of amides is 3. The number of ether oxygens (including phenoxy) is 5. The number of anilines is 1. The fourth-order valence-corrected chi connectivity index (χ4v) is 12.5. The Morgan fingerprint density at radius 2 is 1.39 bits per heavy atom. The molecule has 480 valence electrons. The molecule has 84 heavy (non-hydrogen) atoms. The predicted molar refractivity (Wildman–Crippen MR) is 279 cm³/mol. The summed E-state index contributed by atoms with van der Waals surface area (Å²) in [6.07, 6.45) is -26.4. The molecule has 6 rings (SSSR count). The summed E-state index contributed by atoms with van der Waals surface area (Å²) >= 11 is 1.07. The molecule has 3 saturated heterocycles. The number of hydrogen-bond donors (Lipinski definition) is 20. The molecule has 0 radical (unpaired) electrons. The second-order valence-corrected chi connectivity index (χ2v) is 25.8. The number of nitrogens with two attached hydrogens (primary N) is 4. The van der Waals surface area contributed by atoms with Crippen molar-refractivity contribution in [3.8, 4) is 0 Å². The first-order valence-electron chi connectivity index (χ1n) is 25.5. The molecular weight excluding hydrogens is 1220 g/mol. The number of fused-ring (bicyclic) bond motifs is 1. The van der Waals surface area contributed by atoms with Gasteiger partial charge in [-0.05, 0) is 6.42 Å². The van der Waals surface area contributed by atoms with Gasteiger partial charge in [0, 0.05) is 49.3 Å². The first-order valence-corrected chi connectivity index (χ1v) is 31.1. The number of nitrogens with zero attached hydrogens (tertiary/aromatic N) is 4. The van der Waals surface area contributed by atoms with Crippen LogP contribution in [-0.4, -0.2) is 270 Å². The molecular formula is C41H72N11O28P3S. The maximum atomic E-state index is 12.8. The number of carbonyl (C=O) groups is 3. The van der Waals surface area contributed by atoms with Gasteiger partial charge in [0.25, 0.3) is 0 Å². The zero-order chi connectivity index (χ0) is 62.4. The third-order valence-corrected chi connectivity index (χ3v) is 17.7. The lowest BCUT2D eigenvalue weighted by Gasteiger charge is -2.48. The largest absolute Gasteiger partial charge is 0.481 e. The Bertz CT molecular complexity index is 2690. The SMILES string of the molecule is CC(C)(COP(=O)(O)OP(=O)(O)OC[C@H]1O[C@@H](n2cnc3c(N)ncnc32)[C@H](O)[C@@H]1OP(=O)(O)O)[C@H](O)C(=O)NCCC(=O)NCCSCC(=O)NC[C@H]1O[C@H](O[C@H]2[C@H](O)[C@@H](O[C@@H]3O[C@@H](CO)[C@H](O)[C@@H](N)[C@@H]3O)[C@H](N)C[C@@H]2N)[C@H](O)[C@@H](O)[C@@H]1O. The number of aliphatic hydroxyl groups is 9. The number of hydrogen-bond acceptors (Lipinski definition) is 32. The van der Waals surface area contributed by atoms with Crippen LogP contribution in [0.25, 0.3) is 11.2 Å². The van der Waals surface area contributed by atoms with Crippen LogP contribution in [0, 0.1) is 5.41 Å². The van der Waals surface area contributed by atoms with Gasteiger partial charge >= 0.3 is 23.5 Å². The van der Waals surface area contributed by atoms with Gasteiger partial charge in [0.1, 0.15) is 97.3 Å². The lowest BCUT2D eigenvalue weighted by molar-refractivity contribution is -0.332. The second-order valence-electron chi connectivity index (χ2n) is 20.5. The standard InChI is InChI=1S/C41H72N11O28P3S/c1-41(2,12-73-83(70,71)80-82(68,69)72-10-19-33(79-81(65,66)67)30(62)38(74-19)52-14-51-23-35(45)49-13-50-36(23)52)34(63)37(64)47-4-3-20(54)46-5-6-84-11-21(55)48-8-17-25(57)27(59)28(60)40(75-17)78-32-16(43)7-15(42)31(29(32)61)77-39-26(58)22(44)24(56)18(9-53)76-39/h13-19,22,24-34,38-40,53,56-63H,3-12,42-44H2,1-2H3,(H,46,54)(H,47,64)(H,48,55)(H,68,69)(H,70,71)(H2,45,49,50)(H2,65,66,67)/t15-,16+,17-,18+,19-,22-,24+,25-,26+,27+,28-,29-,30-,31+,32-,33-,34-,38-,39+,40-/m1/s1. The van der Waals surface area contributed by atoms with Crippen LogP contribution in [-0.2, 0) is 69.6 Å². The number of carbonyl (C=O) groups excluding carboxylic acids is 3. The van der Waals surface area contributed by atoms with E-state index in [0.717, 1.165) is 29.0 Å². The topological polar surface area (TPSA) is 632 Å². The van der Waals surface area contributed by atoms with Crippen molar-refractivity contribution in [1.29, 1.82) is 0 Å². The normalized spacial score (nSPS) is 35.0. The molecule has 5 heterocycles. The lowest BCUT2D eigenvalue weighted by atomic mass is 9.84. The Morgan fingerprint density at radius 1 is 0.762 bits per heavy atom.